The monoisotopic (exact) mass is 512 g/mol. The minimum absolute atomic E-state index is 0.131. The predicted molar refractivity (Wildman–Crippen MR) is 114 cm³/mol. The van der Waals surface area contributed by atoms with E-state index >= 15 is 4.39 Å². The first kappa shape index (κ1) is 24.3. The van der Waals surface area contributed by atoms with Gasteiger partial charge >= 0.3 is 6.18 Å². The SMILES string of the molecule is O=S(=O)(Nc1cccc(-c2nn(CC(F)(F)F)cc2-c2ccncc2)c1F)c1cc(F)ccc1F. The molecule has 0 atom stereocenters. The summed E-state index contributed by atoms with van der Waals surface area (Å²) in [6.07, 6.45) is -0.760. The van der Waals surface area contributed by atoms with Crippen LogP contribution in [0.4, 0.5) is 32.0 Å². The van der Waals surface area contributed by atoms with E-state index in [9.17, 15) is 30.4 Å². The topological polar surface area (TPSA) is 76.9 Å². The summed E-state index contributed by atoms with van der Waals surface area (Å²) in [7, 11) is -4.76. The van der Waals surface area contributed by atoms with E-state index in [1.807, 2.05) is 4.72 Å². The third-order valence-corrected chi connectivity index (χ3v) is 6.16. The molecular weight excluding hydrogens is 498 g/mol. The Kier molecular flexibility index (Phi) is 6.28. The Morgan fingerprint density at radius 3 is 2.34 bits per heavy atom. The van der Waals surface area contributed by atoms with Crippen molar-refractivity contribution in [1.82, 2.24) is 14.8 Å². The van der Waals surface area contributed by atoms with Crippen LogP contribution in [0.25, 0.3) is 22.4 Å². The lowest BCUT2D eigenvalue weighted by molar-refractivity contribution is -0.142. The highest BCUT2D eigenvalue weighted by Gasteiger charge is 2.30. The predicted octanol–water partition coefficient (Wildman–Crippen LogP) is 5.39. The van der Waals surface area contributed by atoms with Crippen molar-refractivity contribution in [3.8, 4) is 22.4 Å². The fourth-order valence-corrected chi connectivity index (χ4v) is 4.45. The highest BCUT2D eigenvalue weighted by atomic mass is 32.2. The zero-order valence-electron chi connectivity index (χ0n) is 17.4. The van der Waals surface area contributed by atoms with E-state index in [0.717, 1.165) is 12.3 Å². The van der Waals surface area contributed by atoms with Gasteiger partial charge in [-0.25, -0.2) is 21.6 Å². The van der Waals surface area contributed by atoms with Crippen molar-refractivity contribution < 1.29 is 34.8 Å². The molecule has 0 aliphatic carbocycles. The second-order valence-corrected chi connectivity index (χ2v) is 8.94. The molecule has 35 heavy (non-hydrogen) atoms. The van der Waals surface area contributed by atoms with Crippen LogP contribution in [0, 0.1) is 17.5 Å². The van der Waals surface area contributed by atoms with Crippen molar-refractivity contribution in [2.24, 2.45) is 0 Å². The summed E-state index contributed by atoms with van der Waals surface area (Å²) >= 11 is 0. The number of sulfonamides is 1. The Morgan fingerprint density at radius 2 is 1.66 bits per heavy atom. The zero-order valence-corrected chi connectivity index (χ0v) is 18.2. The van der Waals surface area contributed by atoms with Crippen molar-refractivity contribution in [2.45, 2.75) is 17.6 Å². The molecule has 6 nitrogen and oxygen atoms in total. The van der Waals surface area contributed by atoms with E-state index in [1.54, 1.807) is 0 Å². The van der Waals surface area contributed by atoms with Gasteiger partial charge in [0.1, 0.15) is 28.8 Å². The van der Waals surface area contributed by atoms with Gasteiger partial charge in [0, 0.05) is 29.7 Å². The highest BCUT2D eigenvalue weighted by Crippen LogP contribution is 2.36. The van der Waals surface area contributed by atoms with Crippen LogP contribution in [0.5, 0.6) is 0 Å². The molecule has 13 heteroatoms. The maximum Gasteiger partial charge on any atom is 0.408 e. The highest BCUT2D eigenvalue weighted by molar-refractivity contribution is 7.92. The lowest BCUT2D eigenvalue weighted by Gasteiger charge is -2.12. The summed E-state index contributed by atoms with van der Waals surface area (Å²) < 4.78 is 109. The molecule has 0 saturated heterocycles. The molecule has 1 N–H and O–H groups in total. The van der Waals surface area contributed by atoms with Gasteiger partial charge in [-0.15, -0.1) is 0 Å². The molecule has 4 aromatic rings. The number of benzene rings is 2. The van der Waals surface area contributed by atoms with Gasteiger partial charge in [-0.2, -0.15) is 18.3 Å². The molecule has 0 radical (unpaired) electrons. The lowest BCUT2D eigenvalue weighted by Crippen LogP contribution is -2.18. The fourth-order valence-electron chi connectivity index (χ4n) is 3.30. The fraction of sp³-hybridized carbons (Fsp3) is 0.0909. The second-order valence-electron chi connectivity index (χ2n) is 7.29. The molecule has 182 valence electrons. The standard InChI is InChI=1S/C22H14F6N4O2S/c23-14-4-5-17(24)19(10-14)35(33,34)31-18-3-1-2-15(20(18)25)21-16(13-6-8-29-9-7-13)11-32(30-21)12-22(26,27)28/h1-11,31H,12H2. The van der Waals surface area contributed by atoms with E-state index in [2.05, 4.69) is 10.1 Å². The van der Waals surface area contributed by atoms with Gasteiger partial charge in [-0.3, -0.25) is 14.4 Å². The van der Waals surface area contributed by atoms with E-state index < -0.39 is 50.8 Å². The van der Waals surface area contributed by atoms with E-state index in [4.69, 9.17) is 0 Å². The summed E-state index contributed by atoms with van der Waals surface area (Å²) in [5, 5.41) is 3.87. The van der Waals surface area contributed by atoms with Crippen LogP contribution in [0.1, 0.15) is 0 Å². The number of hydrogen-bond acceptors (Lipinski definition) is 4. The van der Waals surface area contributed by atoms with Crippen LogP contribution in [-0.2, 0) is 16.6 Å². The normalized spacial score (nSPS) is 12.1. The van der Waals surface area contributed by atoms with Crippen molar-refractivity contribution in [1.29, 1.82) is 0 Å². The number of aromatic nitrogens is 3. The van der Waals surface area contributed by atoms with Crippen LogP contribution in [0.2, 0.25) is 0 Å². The number of pyridine rings is 1. The molecule has 0 bridgehead atoms. The number of anilines is 1. The van der Waals surface area contributed by atoms with Gasteiger partial charge in [0.15, 0.2) is 5.82 Å². The summed E-state index contributed by atoms with van der Waals surface area (Å²) in [4.78, 5) is 2.79. The summed E-state index contributed by atoms with van der Waals surface area (Å²) in [6.45, 7) is -1.45. The van der Waals surface area contributed by atoms with Crippen LogP contribution < -0.4 is 4.72 Å². The molecule has 0 spiro atoms. The maximum absolute atomic E-state index is 15.4. The first-order valence-electron chi connectivity index (χ1n) is 9.76. The third kappa shape index (κ3) is 5.29. The molecule has 2 aromatic heterocycles. The Balaban J connectivity index is 1.80. The number of alkyl halides is 3. The Hall–Kier alpha value is -3.87. The summed E-state index contributed by atoms with van der Waals surface area (Å²) in [5.41, 5.74) is -0.645. The molecular formula is C22H14F6N4O2S. The molecule has 0 unspecified atom stereocenters. The van der Waals surface area contributed by atoms with E-state index in [-0.39, 0.29) is 16.8 Å². The first-order valence-corrected chi connectivity index (χ1v) is 11.2. The van der Waals surface area contributed by atoms with Crippen LogP contribution in [-0.4, -0.2) is 29.4 Å². The third-order valence-electron chi connectivity index (χ3n) is 4.78. The number of hydrogen-bond donors (Lipinski definition) is 1. The molecule has 0 aliphatic rings. The van der Waals surface area contributed by atoms with Gasteiger partial charge in [0.2, 0.25) is 0 Å². The largest absolute Gasteiger partial charge is 0.408 e. The molecule has 0 aliphatic heterocycles. The van der Waals surface area contributed by atoms with Gasteiger partial charge in [0.25, 0.3) is 10.0 Å². The van der Waals surface area contributed by atoms with Crippen molar-refractivity contribution in [3.63, 3.8) is 0 Å². The van der Waals surface area contributed by atoms with Crippen LogP contribution in [0.3, 0.4) is 0 Å². The Bertz CT molecular complexity index is 1490. The molecule has 2 heterocycles. The average Bonchev–Trinajstić information content (AvgIpc) is 3.19. The van der Waals surface area contributed by atoms with Gasteiger partial charge in [-0.05, 0) is 48.0 Å². The van der Waals surface area contributed by atoms with Gasteiger partial charge in [-0.1, -0.05) is 6.07 Å². The molecule has 0 fully saturated rings. The number of halogens is 6. The van der Waals surface area contributed by atoms with E-state index in [0.29, 0.717) is 28.4 Å². The second kappa shape index (κ2) is 9.06. The van der Waals surface area contributed by atoms with Crippen molar-refractivity contribution in [2.75, 3.05) is 4.72 Å². The Labute approximate surface area is 194 Å². The van der Waals surface area contributed by atoms with Gasteiger partial charge < -0.3 is 0 Å². The van der Waals surface area contributed by atoms with Crippen molar-refractivity contribution in [3.05, 3.63) is 84.6 Å². The van der Waals surface area contributed by atoms with Gasteiger partial charge in [0.05, 0.1) is 5.69 Å². The quantitative estimate of drug-likeness (QED) is 0.352. The summed E-state index contributed by atoms with van der Waals surface area (Å²) in [5.74, 6) is -3.47. The minimum Gasteiger partial charge on any atom is -0.277 e. The molecule has 2 aromatic carbocycles. The molecule has 0 amide bonds. The summed E-state index contributed by atoms with van der Waals surface area (Å²) in [6, 6.07) is 8.16. The lowest BCUT2D eigenvalue weighted by atomic mass is 10.0. The van der Waals surface area contributed by atoms with Crippen LogP contribution in [0.15, 0.2) is 72.0 Å². The zero-order chi connectivity index (χ0) is 25.4. The minimum atomic E-state index is -4.76. The smallest absolute Gasteiger partial charge is 0.277 e. The van der Waals surface area contributed by atoms with Crippen LogP contribution >= 0.6 is 0 Å². The Morgan fingerprint density at radius 1 is 0.943 bits per heavy atom. The number of nitrogens with one attached hydrogen (secondary N) is 1. The van der Waals surface area contributed by atoms with E-state index in [1.165, 1.54) is 36.7 Å². The number of rotatable bonds is 6. The number of nitrogens with zero attached hydrogens (tertiary/aromatic N) is 3. The first-order chi connectivity index (χ1) is 16.4. The molecule has 4 rings (SSSR count). The van der Waals surface area contributed by atoms with Crippen molar-refractivity contribution >= 4 is 15.7 Å². The molecule has 0 saturated carbocycles. The average molecular weight is 512 g/mol. The maximum atomic E-state index is 15.4.